The van der Waals surface area contributed by atoms with Crippen LogP contribution in [0.1, 0.15) is 11.1 Å². The van der Waals surface area contributed by atoms with E-state index >= 15 is 0 Å². The number of phenolic OH excluding ortho intramolecular Hbond substituents is 2. The van der Waals surface area contributed by atoms with Crippen molar-refractivity contribution in [3.05, 3.63) is 53.6 Å². The first-order valence-electron chi connectivity index (χ1n) is 8.96. The van der Waals surface area contributed by atoms with Gasteiger partial charge in [0.2, 0.25) is 6.29 Å². The molecule has 5 unspecified atom stereocenters. The van der Waals surface area contributed by atoms with E-state index in [0.29, 0.717) is 24.2 Å². The lowest BCUT2D eigenvalue weighted by Crippen LogP contribution is -2.60. The van der Waals surface area contributed by atoms with Crippen molar-refractivity contribution >= 4 is 0 Å². The van der Waals surface area contributed by atoms with Gasteiger partial charge in [-0.2, -0.15) is 0 Å². The van der Waals surface area contributed by atoms with Crippen molar-refractivity contribution in [3.63, 3.8) is 0 Å². The molecule has 152 valence electrons. The molecule has 0 amide bonds. The first kappa shape index (κ1) is 20.4. The fourth-order valence-electron chi connectivity index (χ4n) is 3.11. The third kappa shape index (κ3) is 4.54. The Bertz CT molecular complexity index is 776. The molecule has 0 aliphatic carbocycles. The molecule has 1 aliphatic heterocycles. The summed E-state index contributed by atoms with van der Waals surface area (Å²) in [7, 11) is 0. The monoisotopic (exact) mass is 392 g/mol. The molecule has 6 N–H and O–H groups in total. The van der Waals surface area contributed by atoms with Crippen molar-refractivity contribution in [3.8, 4) is 17.2 Å². The van der Waals surface area contributed by atoms with Crippen LogP contribution in [0.2, 0.25) is 0 Å². The van der Waals surface area contributed by atoms with Gasteiger partial charge < -0.3 is 40.1 Å². The highest BCUT2D eigenvalue weighted by atomic mass is 16.7. The predicted octanol–water partition coefficient (Wildman–Crippen LogP) is 0.0617. The van der Waals surface area contributed by atoms with Gasteiger partial charge in [-0.25, -0.2) is 0 Å². The minimum absolute atomic E-state index is 0.0434. The van der Waals surface area contributed by atoms with Crippen LogP contribution in [-0.4, -0.2) is 68.0 Å². The van der Waals surface area contributed by atoms with E-state index in [4.69, 9.17) is 9.47 Å². The van der Waals surface area contributed by atoms with Crippen molar-refractivity contribution in [1.82, 2.24) is 0 Å². The molecule has 0 bridgehead atoms. The first-order chi connectivity index (χ1) is 13.4. The van der Waals surface area contributed by atoms with Gasteiger partial charge in [-0.3, -0.25) is 0 Å². The number of aromatic hydroxyl groups is 2. The molecular weight excluding hydrogens is 368 g/mol. The summed E-state index contributed by atoms with van der Waals surface area (Å²) in [6.07, 6.45) is -5.78. The summed E-state index contributed by atoms with van der Waals surface area (Å²) in [5.74, 6) is 0.551. The first-order valence-corrected chi connectivity index (χ1v) is 8.96. The van der Waals surface area contributed by atoms with E-state index in [9.17, 15) is 30.6 Å². The Morgan fingerprint density at radius 3 is 2.18 bits per heavy atom. The largest absolute Gasteiger partial charge is 0.508 e. The highest BCUT2D eigenvalue weighted by Crippen LogP contribution is 2.29. The molecule has 2 aromatic carbocycles. The Kier molecular flexibility index (Phi) is 6.38. The van der Waals surface area contributed by atoms with Gasteiger partial charge in [0, 0.05) is 0 Å². The van der Waals surface area contributed by atoms with Crippen LogP contribution in [-0.2, 0) is 17.6 Å². The van der Waals surface area contributed by atoms with Crippen LogP contribution < -0.4 is 4.74 Å². The molecule has 0 radical (unpaired) electrons. The summed E-state index contributed by atoms with van der Waals surface area (Å²) in [4.78, 5) is 0. The standard InChI is InChI=1S/C20H24O8/c21-10-16-17(24)18(25)19(26)20(28-16)27-15-8-7-14(23)9-12(15)4-1-11-2-5-13(22)6-3-11/h2-3,5-9,16-26H,1,4,10H2. The number of rotatable bonds is 6. The maximum absolute atomic E-state index is 10.1. The lowest BCUT2D eigenvalue weighted by Gasteiger charge is -2.39. The minimum Gasteiger partial charge on any atom is -0.508 e. The maximum atomic E-state index is 10.1. The Balaban J connectivity index is 1.75. The second-order valence-electron chi connectivity index (χ2n) is 6.77. The number of aliphatic hydroxyl groups is 4. The molecule has 0 spiro atoms. The van der Waals surface area contributed by atoms with Crippen LogP contribution in [0.3, 0.4) is 0 Å². The number of hydrogen-bond donors (Lipinski definition) is 6. The van der Waals surface area contributed by atoms with E-state index in [2.05, 4.69) is 0 Å². The average molecular weight is 392 g/mol. The zero-order valence-electron chi connectivity index (χ0n) is 15.0. The molecule has 1 aliphatic rings. The summed E-state index contributed by atoms with van der Waals surface area (Å²) < 4.78 is 11.1. The van der Waals surface area contributed by atoms with Crippen LogP contribution in [0.25, 0.3) is 0 Å². The van der Waals surface area contributed by atoms with Gasteiger partial charge in [-0.1, -0.05) is 12.1 Å². The SMILES string of the molecule is OCC1OC(Oc2ccc(O)cc2CCc2ccc(O)cc2)C(O)C(O)C1O. The molecule has 1 heterocycles. The fraction of sp³-hybridized carbons (Fsp3) is 0.400. The Labute approximate surface area is 161 Å². The molecule has 5 atom stereocenters. The van der Waals surface area contributed by atoms with E-state index < -0.39 is 37.3 Å². The van der Waals surface area contributed by atoms with E-state index in [1.807, 2.05) is 0 Å². The highest BCUT2D eigenvalue weighted by Gasteiger charge is 2.44. The molecule has 8 nitrogen and oxygen atoms in total. The molecule has 28 heavy (non-hydrogen) atoms. The number of ether oxygens (including phenoxy) is 2. The average Bonchev–Trinajstić information content (AvgIpc) is 2.69. The molecule has 8 heteroatoms. The lowest BCUT2D eigenvalue weighted by atomic mass is 9.99. The van der Waals surface area contributed by atoms with E-state index in [0.717, 1.165) is 5.56 Å². The fourth-order valence-corrected chi connectivity index (χ4v) is 3.11. The van der Waals surface area contributed by atoms with Crippen LogP contribution in [0, 0.1) is 0 Å². The summed E-state index contributed by atoms with van der Waals surface area (Å²) >= 11 is 0. The number of aliphatic hydroxyl groups excluding tert-OH is 4. The third-order valence-electron chi connectivity index (χ3n) is 4.75. The van der Waals surface area contributed by atoms with Crippen LogP contribution >= 0.6 is 0 Å². The van der Waals surface area contributed by atoms with Crippen molar-refractivity contribution in [2.24, 2.45) is 0 Å². The highest BCUT2D eigenvalue weighted by molar-refractivity contribution is 5.40. The number of benzene rings is 2. The van der Waals surface area contributed by atoms with Gasteiger partial charge in [0.15, 0.2) is 0 Å². The van der Waals surface area contributed by atoms with E-state index in [-0.39, 0.29) is 11.5 Å². The maximum Gasteiger partial charge on any atom is 0.229 e. The molecule has 3 rings (SSSR count). The van der Waals surface area contributed by atoms with Crippen molar-refractivity contribution in [1.29, 1.82) is 0 Å². The zero-order chi connectivity index (χ0) is 20.3. The Hall–Kier alpha value is -2.36. The molecule has 0 saturated carbocycles. The predicted molar refractivity (Wildman–Crippen MR) is 98.0 cm³/mol. The zero-order valence-corrected chi connectivity index (χ0v) is 15.0. The Morgan fingerprint density at radius 2 is 1.50 bits per heavy atom. The normalized spacial score (nSPS) is 27.5. The molecule has 0 aromatic heterocycles. The molecule has 1 saturated heterocycles. The molecule has 1 fully saturated rings. The van der Waals surface area contributed by atoms with Crippen molar-refractivity contribution in [2.45, 2.75) is 43.5 Å². The van der Waals surface area contributed by atoms with Gasteiger partial charge in [0.1, 0.15) is 41.7 Å². The third-order valence-corrected chi connectivity index (χ3v) is 4.75. The van der Waals surface area contributed by atoms with E-state index in [1.165, 1.54) is 18.2 Å². The second-order valence-corrected chi connectivity index (χ2v) is 6.77. The molecule has 2 aromatic rings. The second kappa shape index (κ2) is 8.76. The van der Waals surface area contributed by atoms with Crippen LogP contribution in [0.4, 0.5) is 0 Å². The quantitative estimate of drug-likeness (QED) is 0.406. The van der Waals surface area contributed by atoms with Gasteiger partial charge in [0.05, 0.1) is 6.61 Å². The van der Waals surface area contributed by atoms with Gasteiger partial charge in [-0.15, -0.1) is 0 Å². The van der Waals surface area contributed by atoms with Crippen LogP contribution in [0.15, 0.2) is 42.5 Å². The molecular formula is C20H24O8. The topological polar surface area (TPSA) is 140 Å². The van der Waals surface area contributed by atoms with Crippen molar-refractivity contribution < 1.29 is 40.1 Å². The van der Waals surface area contributed by atoms with Gasteiger partial charge >= 0.3 is 0 Å². The lowest BCUT2D eigenvalue weighted by molar-refractivity contribution is -0.277. The summed E-state index contributed by atoms with van der Waals surface area (Å²) in [5.41, 5.74) is 1.62. The number of aryl methyl sites for hydroxylation is 2. The van der Waals surface area contributed by atoms with Gasteiger partial charge in [-0.05, 0) is 54.3 Å². The summed E-state index contributed by atoms with van der Waals surface area (Å²) in [6.45, 7) is -0.548. The van der Waals surface area contributed by atoms with Crippen molar-refractivity contribution in [2.75, 3.05) is 6.61 Å². The van der Waals surface area contributed by atoms with Gasteiger partial charge in [0.25, 0.3) is 0 Å². The number of hydrogen-bond acceptors (Lipinski definition) is 8. The summed E-state index contributed by atoms with van der Waals surface area (Å²) in [6, 6.07) is 11.2. The van der Waals surface area contributed by atoms with E-state index in [1.54, 1.807) is 24.3 Å². The number of phenols is 2. The van der Waals surface area contributed by atoms with Crippen LogP contribution in [0.5, 0.6) is 17.2 Å². The summed E-state index contributed by atoms with van der Waals surface area (Å²) in [5, 5.41) is 58.4. The minimum atomic E-state index is -1.53. The smallest absolute Gasteiger partial charge is 0.229 e. The Morgan fingerprint density at radius 1 is 0.821 bits per heavy atom.